The minimum absolute atomic E-state index is 0.105. The molecule has 0 amide bonds. The number of phosphoric ester groups is 1. The van der Waals surface area contributed by atoms with Crippen LogP contribution in [-0.2, 0) is 13.8 Å². The number of hydrogen-bond donors (Lipinski definition) is 2. The largest absolute Gasteiger partial charge is 0.527 e. The predicted octanol–water partition coefficient (Wildman–Crippen LogP) is 2.79. The SMILES string of the molecule is CCOc1nc(N)nc2c1N=C/[N+]2=C1\O[C@H](COP(=O)(O)Oc2ccc([N+](=O)[O-])cc2)C[C@@]1(C)F. The number of nitro groups is 1. The first-order valence-electron chi connectivity index (χ1n) is 10.3. The monoisotopic (exact) mass is 511 g/mol. The van der Waals surface area contributed by atoms with E-state index in [1.807, 2.05) is 0 Å². The molecule has 1 aromatic carbocycles. The van der Waals surface area contributed by atoms with Gasteiger partial charge in [0.15, 0.2) is 0 Å². The molecule has 1 aromatic heterocycles. The number of benzene rings is 1. The van der Waals surface area contributed by atoms with Gasteiger partial charge in [-0.1, -0.05) is 9.98 Å². The first-order chi connectivity index (χ1) is 16.5. The molecule has 0 bridgehead atoms. The van der Waals surface area contributed by atoms with Gasteiger partial charge in [0.2, 0.25) is 12.0 Å². The van der Waals surface area contributed by atoms with Crippen molar-refractivity contribution in [1.82, 2.24) is 9.97 Å². The van der Waals surface area contributed by atoms with E-state index in [-0.39, 0.29) is 47.1 Å². The molecule has 1 fully saturated rings. The second kappa shape index (κ2) is 9.17. The van der Waals surface area contributed by atoms with Crippen LogP contribution in [0.5, 0.6) is 11.6 Å². The zero-order valence-corrected chi connectivity index (χ0v) is 19.4. The van der Waals surface area contributed by atoms with Gasteiger partial charge in [-0.25, -0.2) is 8.96 Å². The number of halogens is 1. The van der Waals surface area contributed by atoms with Gasteiger partial charge in [0.25, 0.3) is 23.2 Å². The molecule has 0 saturated carbocycles. The molecule has 14 nitrogen and oxygen atoms in total. The lowest BCUT2D eigenvalue weighted by atomic mass is 10.0. The van der Waals surface area contributed by atoms with Crippen LogP contribution < -0.4 is 15.0 Å². The Labute approximate surface area is 197 Å². The topological polar surface area (TPSA) is 185 Å². The van der Waals surface area contributed by atoms with Crippen LogP contribution in [0.1, 0.15) is 20.3 Å². The molecule has 1 unspecified atom stereocenters. The molecular weight excluding hydrogens is 490 g/mol. The zero-order chi connectivity index (χ0) is 25.4. The normalized spacial score (nSPS) is 24.5. The van der Waals surface area contributed by atoms with Gasteiger partial charge in [-0.15, -0.1) is 0 Å². The van der Waals surface area contributed by atoms with Gasteiger partial charge in [0, 0.05) is 18.6 Å². The standard InChI is InChI=1S/C19H20FN6O8P/c1-3-31-16-14-15(23-18(21)24-16)25(10-22-14)17-19(2,20)8-13(33-17)9-32-35(29,30)34-12-6-4-11(5-7-12)26(27)28/h4-7,10,13H,3,8-9H2,1-2H3,(H2-,21,23,24,29,30)/p+1/b25-17+/t13-,19+/m0/s1. The number of nitrogens with zero attached hydrogens (tertiary/aromatic N) is 5. The zero-order valence-electron chi connectivity index (χ0n) is 18.5. The molecule has 3 heterocycles. The maximum atomic E-state index is 15.4. The summed E-state index contributed by atoms with van der Waals surface area (Å²) in [6, 6.07) is 4.51. The van der Waals surface area contributed by atoms with Crippen LogP contribution in [0.2, 0.25) is 0 Å². The quantitative estimate of drug-likeness (QED) is 0.230. The third kappa shape index (κ3) is 5.21. The van der Waals surface area contributed by atoms with Crippen LogP contribution in [0.25, 0.3) is 0 Å². The molecule has 3 atom stereocenters. The minimum Gasteiger partial charge on any atom is -0.475 e. The Morgan fingerprint density at radius 2 is 2.11 bits per heavy atom. The number of phosphoric acid groups is 1. The van der Waals surface area contributed by atoms with Crippen molar-refractivity contribution in [3.05, 3.63) is 34.4 Å². The van der Waals surface area contributed by atoms with E-state index in [1.54, 1.807) is 6.92 Å². The van der Waals surface area contributed by atoms with Gasteiger partial charge in [0.1, 0.15) is 11.9 Å². The molecule has 1 saturated heterocycles. The van der Waals surface area contributed by atoms with E-state index < -0.39 is 31.1 Å². The molecule has 2 aliphatic rings. The number of aliphatic imine (C=N–C) groups is 1. The molecule has 3 N–H and O–H groups in total. The molecule has 186 valence electrons. The number of rotatable bonds is 8. The minimum atomic E-state index is -4.64. The summed E-state index contributed by atoms with van der Waals surface area (Å²) in [5.41, 5.74) is 3.77. The first kappa shape index (κ1) is 24.4. The van der Waals surface area contributed by atoms with Crippen molar-refractivity contribution in [2.75, 3.05) is 18.9 Å². The number of hydrogen-bond acceptors (Lipinski definition) is 11. The molecule has 16 heteroatoms. The van der Waals surface area contributed by atoms with E-state index in [0.717, 1.165) is 24.3 Å². The number of alkyl halides is 1. The fraction of sp³-hybridized carbons (Fsp3) is 0.368. The smallest absolute Gasteiger partial charge is 0.475 e. The number of nitrogen functional groups attached to an aromatic ring is 1. The Morgan fingerprint density at radius 1 is 1.40 bits per heavy atom. The summed E-state index contributed by atoms with van der Waals surface area (Å²) in [6.45, 7) is 2.84. The van der Waals surface area contributed by atoms with E-state index in [0.29, 0.717) is 6.61 Å². The number of aromatic nitrogens is 2. The third-order valence-electron chi connectivity index (χ3n) is 4.91. The van der Waals surface area contributed by atoms with Crippen molar-refractivity contribution in [3.63, 3.8) is 0 Å². The Balaban J connectivity index is 1.48. The number of nitrogens with two attached hydrogens (primary N) is 1. The molecule has 0 spiro atoms. The Kier molecular flexibility index (Phi) is 6.40. The summed E-state index contributed by atoms with van der Waals surface area (Å²) in [7, 11) is -4.64. The van der Waals surface area contributed by atoms with Gasteiger partial charge in [0.05, 0.1) is 18.1 Å². The van der Waals surface area contributed by atoms with Crippen LogP contribution in [-0.4, -0.2) is 61.6 Å². The highest BCUT2D eigenvalue weighted by atomic mass is 31.2. The second-order valence-electron chi connectivity index (χ2n) is 7.66. The number of non-ortho nitro benzene ring substituents is 1. The van der Waals surface area contributed by atoms with Crippen molar-refractivity contribution in [3.8, 4) is 11.6 Å². The van der Waals surface area contributed by atoms with Crippen molar-refractivity contribution in [2.24, 2.45) is 4.99 Å². The fourth-order valence-corrected chi connectivity index (χ4v) is 4.28. The van der Waals surface area contributed by atoms with Gasteiger partial charge in [-0.3, -0.25) is 19.5 Å². The molecular formula is C19H21FN6O8P+. The lowest BCUT2D eigenvalue weighted by Crippen LogP contribution is -2.31. The van der Waals surface area contributed by atoms with Gasteiger partial charge < -0.3 is 19.7 Å². The fourth-order valence-electron chi connectivity index (χ4n) is 3.48. The highest BCUT2D eigenvalue weighted by molar-refractivity contribution is 7.47. The van der Waals surface area contributed by atoms with Crippen LogP contribution in [0.4, 0.5) is 27.5 Å². The van der Waals surface area contributed by atoms with Crippen LogP contribution >= 0.6 is 7.82 Å². The number of ether oxygens (including phenoxy) is 2. The molecule has 2 aliphatic heterocycles. The first-order valence-corrected chi connectivity index (χ1v) is 11.8. The summed E-state index contributed by atoms with van der Waals surface area (Å²) >= 11 is 0. The van der Waals surface area contributed by atoms with Crippen molar-refractivity contribution >= 4 is 43.2 Å². The number of anilines is 1. The maximum absolute atomic E-state index is 15.4. The lowest BCUT2D eigenvalue weighted by molar-refractivity contribution is -0.384. The van der Waals surface area contributed by atoms with E-state index in [2.05, 4.69) is 15.0 Å². The average Bonchev–Trinajstić information content (AvgIpc) is 3.32. The molecule has 2 aromatic rings. The van der Waals surface area contributed by atoms with Gasteiger partial charge in [-0.2, -0.15) is 9.56 Å². The van der Waals surface area contributed by atoms with Crippen molar-refractivity contribution in [2.45, 2.75) is 32.0 Å². The Bertz CT molecular complexity index is 1270. The highest BCUT2D eigenvalue weighted by Crippen LogP contribution is 2.46. The summed E-state index contributed by atoms with van der Waals surface area (Å²) in [5.74, 6) is -0.0960. The molecule has 0 radical (unpaired) electrons. The van der Waals surface area contributed by atoms with Crippen LogP contribution in [0.15, 0.2) is 29.3 Å². The Morgan fingerprint density at radius 3 is 2.77 bits per heavy atom. The van der Waals surface area contributed by atoms with Gasteiger partial charge in [-0.05, 0) is 26.0 Å². The second-order valence-corrected chi connectivity index (χ2v) is 9.04. The summed E-state index contributed by atoms with van der Waals surface area (Å²) in [6.07, 6.45) is 0.119. The lowest BCUT2D eigenvalue weighted by Gasteiger charge is -2.15. The highest BCUT2D eigenvalue weighted by Gasteiger charge is 2.49. The third-order valence-corrected chi connectivity index (χ3v) is 5.83. The van der Waals surface area contributed by atoms with E-state index in [4.69, 9.17) is 24.3 Å². The average molecular weight is 511 g/mol. The number of fused-ring (bicyclic) bond motifs is 1. The van der Waals surface area contributed by atoms with Crippen molar-refractivity contribution in [1.29, 1.82) is 0 Å². The van der Waals surface area contributed by atoms with E-state index in [1.165, 1.54) is 17.8 Å². The summed E-state index contributed by atoms with van der Waals surface area (Å²) < 4.78 is 50.0. The van der Waals surface area contributed by atoms with E-state index in [9.17, 15) is 19.6 Å². The number of nitro benzene ring substituents is 1. The van der Waals surface area contributed by atoms with Crippen LogP contribution in [0.3, 0.4) is 0 Å². The Hall–Kier alpha value is -3.68. The summed E-state index contributed by atoms with van der Waals surface area (Å²) in [4.78, 5) is 32.4. The van der Waals surface area contributed by atoms with Crippen molar-refractivity contribution < 1.29 is 41.9 Å². The summed E-state index contributed by atoms with van der Waals surface area (Å²) in [5, 5.41) is 10.7. The molecule has 4 rings (SSSR count). The van der Waals surface area contributed by atoms with E-state index >= 15 is 4.39 Å². The van der Waals surface area contributed by atoms with Gasteiger partial charge >= 0.3 is 19.6 Å². The maximum Gasteiger partial charge on any atom is 0.527 e. The molecule has 0 aliphatic carbocycles. The van der Waals surface area contributed by atoms with Crippen LogP contribution in [0, 0.1) is 10.1 Å². The predicted molar refractivity (Wildman–Crippen MR) is 119 cm³/mol. The molecule has 35 heavy (non-hydrogen) atoms.